The molecule has 0 radical (unpaired) electrons. The van der Waals surface area contributed by atoms with E-state index in [1.54, 1.807) is 0 Å². The predicted molar refractivity (Wildman–Crippen MR) is 134 cm³/mol. The fraction of sp³-hybridized carbons (Fsp3) is 0.615. The lowest BCUT2D eigenvalue weighted by Crippen LogP contribution is -2.42. The van der Waals surface area contributed by atoms with Crippen LogP contribution in [-0.4, -0.2) is 49.0 Å². The van der Waals surface area contributed by atoms with Gasteiger partial charge in [-0.25, -0.2) is 4.98 Å². The molecule has 1 N–H and O–H groups in total. The van der Waals surface area contributed by atoms with E-state index in [9.17, 15) is 4.79 Å². The number of rotatable bonds is 7. The number of amides is 1. The first kappa shape index (κ1) is 23.2. The van der Waals surface area contributed by atoms with Crippen LogP contribution in [0.2, 0.25) is 0 Å². The summed E-state index contributed by atoms with van der Waals surface area (Å²) in [7, 11) is 1.99. The highest BCUT2D eigenvalue weighted by Crippen LogP contribution is 2.27. The standard InChI is InChI=1S/C26H38N4OS/c1-29(23-14-8-5-9-15-23)26-28-24(20-32-26)25(31)27-17-22-13-10-16-30(19-22)18-21-11-6-3-2-4-7-12-21/h5,8-9,14-15,20-22H,2-4,6-7,10-13,16-19H2,1H3,(H,27,31). The van der Waals surface area contributed by atoms with Crippen LogP contribution in [0, 0.1) is 11.8 Å². The molecule has 1 saturated carbocycles. The number of aromatic nitrogens is 1. The fourth-order valence-electron chi connectivity index (χ4n) is 5.18. The second kappa shape index (κ2) is 11.8. The number of piperidine rings is 1. The van der Waals surface area contributed by atoms with E-state index in [4.69, 9.17) is 0 Å². The van der Waals surface area contributed by atoms with Gasteiger partial charge in [0.1, 0.15) is 5.69 Å². The molecule has 2 aromatic rings. The molecule has 32 heavy (non-hydrogen) atoms. The van der Waals surface area contributed by atoms with E-state index in [2.05, 4.69) is 15.2 Å². The first-order valence-corrected chi connectivity index (χ1v) is 13.3. The van der Waals surface area contributed by atoms with Crippen LogP contribution in [0.3, 0.4) is 0 Å². The number of carbonyl (C=O) groups is 1. The Bertz CT molecular complexity index is 831. The Balaban J connectivity index is 1.24. The molecular weight excluding hydrogens is 416 g/mol. The van der Waals surface area contributed by atoms with Gasteiger partial charge < -0.3 is 15.1 Å². The van der Waals surface area contributed by atoms with Crippen molar-refractivity contribution in [1.82, 2.24) is 15.2 Å². The molecule has 0 spiro atoms. The SMILES string of the molecule is CN(c1ccccc1)c1nc(C(=O)NCC2CCCN(CC3CCCCCCC3)C2)cs1. The summed E-state index contributed by atoms with van der Waals surface area (Å²) in [6, 6.07) is 10.1. The number of nitrogens with zero attached hydrogens (tertiary/aromatic N) is 3. The Morgan fingerprint density at radius 3 is 2.56 bits per heavy atom. The van der Waals surface area contributed by atoms with E-state index in [1.807, 2.05) is 47.7 Å². The average Bonchev–Trinajstić information content (AvgIpc) is 3.30. The van der Waals surface area contributed by atoms with Crippen molar-refractivity contribution >= 4 is 28.1 Å². The summed E-state index contributed by atoms with van der Waals surface area (Å²) in [6.45, 7) is 4.35. The summed E-state index contributed by atoms with van der Waals surface area (Å²) >= 11 is 1.51. The van der Waals surface area contributed by atoms with Crippen molar-refractivity contribution in [3.05, 3.63) is 41.4 Å². The van der Waals surface area contributed by atoms with Crippen LogP contribution < -0.4 is 10.2 Å². The average molecular weight is 455 g/mol. The molecule has 1 aromatic heterocycles. The Morgan fingerprint density at radius 1 is 1.06 bits per heavy atom. The molecule has 6 heteroatoms. The number of benzene rings is 1. The minimum atomic E-state index is -0.0499. The van der Waals surface area contributed by atoms with Crippen molar-refractivity contribution in [2.24, 2.45) is 11.8 Å². The lowest BCUT2D eigenvalue weighted by atomic mass is 9.89. The number of hydrogen-bond acceptors (Lipinski definition) is 5. The highest BCUT2D eigenvalue weighted by molar-refractivity contribution is 7.14. The van der Waals surface area contributed by atoms with Crippen LogP contribution in [0.25, 0.3) is 0 Å². The Labute approximate surface area is 197 Å². The zero-order valence-corrected chi connectivity index (χ0v) is 20.3. The van der Waals surface area contributed by atoms with Crippen molar-refractivity contribution in [2.45, 2.75) is 57.8 Å². The van der Waals surface area contributed by atoms with Crippen LogP contribution in [-0.2, 0) is 0 Å². The lowest BCUT2D eigenvalue weighted by Gasteiger charge is -2.35. The first-order chi connectivity index (χ1) is 15.7. The molecule has 1 unspecified atom stereocenters. The van der Waals surface area contributed by atoms with Gasteiger partial charge in [-0.3, -0.25) is 4.79 Å². The van der Waals surface area contributed by atoms with E-state index in [1.165, 1.54) is 82.2 Å². The summed E-state index contributed by atoms with van der Waals surface area (Å²) in [4.78, 5) is 22.0. The van der Waals surface area contributed by atoms with Gasteiger partial charge in [-0.2, -0.15) is 0 Å². The zero-order chi connectivity index (χ0) is 22.2. The van der Waals surface area contributed by atoms with Crippen molar-refractivity contribution in [3.8, 4) is 0 Å². The van der Waals surface area contributed by atoms with Gasteiger partial charge in [0.05, 0.1) is 0 Å². The molecular formula is C26H38N4OS. The van der Waals surface area contributed by atoms with E-state index in [-0.39, 0.29) is 5.91 Å². The molecule has 4 rings (SSSR count). The summed E-state index contributed by atoms with van der Waals surface area (Å²) < 4.78 is 0. The van der Waals surface area contributed by atoms with Gasteiger partial charge in [0, 0.05) is 37.7 Å². The van der Waals surface area contributed by atoms with E-state index < -0.39 is 0 Å². The van der Waals surface area contributed by atoms with Gasteiger partial charge in [-0.1, -0.05) is 50.3 Å². The molecule has 1 aromatic carbocycles. The maximum Gasteiger partial charge on any atom is 0.270 e. The van der Waals surface area contributed by atoms with Crippen molar-refractivity contribution in [1.29, 1.82) is 0 Å². The second-order valence-corrected chi connectivity index (χ2v) is 10.4. The van der Waals surface area contributed by atoms with Crippen molar-refractivity contribution < 1.29 is 4.79 Å². The maximum atomic E-state index is 12.7. The third-order valence-corrected chi connectivity index (χ3v) is 7.97. The van der Waals surface area contributed by atoms with E-state index in [0.717, 1.165) is 29.8 Å². The minimum Gasteiger partial charge on any atom is -0.350 e. The molecule has 2 heterocycles. The van der Waals surface area contributed by atoms with Crippen LogP contribution >= 0.6 is 11.3 Å². The lowest BCUT2D eigenvalue weighted by molar-refractivity contribution is 0.0920. The predicted octanol–water partition coefficient (Wildman–Crippen LogP) is 5.71. The molecule has 1 aliphatic heterocycles. The van der Waals surface area contributed by atoms with E-state index in [0.29, 0.717) is 11.6 Å². The topological polar surface area (TPSA) is 48.5 Å². The Hall–Kier alpha value is -1.92. The fourth-order valence-corrected chi connectivity index (χ4v) is 5.98. The molecule has 1 aliphatic carbocycles. The second-order valence-electron chi connectivity index (χ2n) is 9.60. The summed E-state index contributed by atoms with van der Waals surface area (Å²) in [6.07, 6.45) is 12.4. The normalized spacial score (nSPS) is 21.0. The molecule has 1 saturated heterocycles. The Kier molecular flexibility index (Phi) is 8.57. The van der Waals surface area contributed by atoms with Crippen LogP contribution in [0.5, 0.6) is 0 Å². The zero-order valence-electron chi connectivity index (χ0n) is 19.5. The Morgan fingerprint density at radius 2 is 1.78 bits per heavy atom. The largest absolute Gasteiger partial charge is 0.350 e. The number of carbonyl (C=O) groups excluding carboxylic acids is 1. The maximum absolute atomic E-state index is 12.7. The number of hydrogen-bond donors (Lipinski definition) is 1. The number of anilines is 2. The van der Waals surface area contributed by atoms with Crippen LogP contribution in [0.4, 0.5) is 10.8 Å². The summed E-state index contributed by atoms with van der Waals surface area (Å²) in [5, 5.41) is 5.87. The third-order valence-electron chi connectivity index (χ3n) is 7.05. The first-order valence-electron chi connectivity index (χ1n) is 12.4. The van der Waals surface area contributed by atoms with Crippen molar-refractivity contribution in [3.63, 3.8) is 0 Å². The molecule has 2 aliphatic rings. The van der Waals surface area contributed by atoms with Gasteiger partial charge in [-0.15, -0.1) is 11.3 Å². The molecule has 2 fully saturated rings. The van der Waals surface area contributed by atoms with Gasteiger partial charge in [0.15, 0.2) is 5.13 Å². The van der Waals surface area contributed by atoms with Crippen molar-refractivity contribution in [2.75, 3.05) is 38.1 Å². The van der Waals surface area contributed by atoms with E-state index >= 15 is 0 Å². The number of thiazole rings is 1. The van der Waals surface area contributed by atoms with Crippen LogP contribution in [0.1, 0.15) is 68.3 Å². The molecule has 1 atom stereocenters. The summed E-state index contributed by atoms with van der Waals surface area (Å²) in [5.41, 5.74) is 1.59. The van der Waals surface area contributed by atoms with Gasteiger partial charge in [-0.05, 0) is 56.2 Å². The monoisotopic (exact) mass is 454 g/mol. The third kappa shape index (κ3) is 6.55. The highest BCUT2D eigenvalue weighted by atomic mass is 32.1. The highest BCUT2D eigenvalue weighted by Gasteiger charge is 2.24. The van der Waals surface area contributed by atoms with Gasteiger partial charge in [0.2, 0.25) is 0 Å². The number of nitrogens with one attached hydrogen (secondary N) is 1. The number of para-hydroxylation sites is 1. The molecule has 1 amide bonds. The smallest absolute Gasteiger partial charge is 0.270 e. The summed E-state index contributed by atoms with van der Waals surface area (Å²) in [5.74, 6) is 1.37. The quantitative estimate of drug-likeness (QED) is 0.582. The minimum absolute atomic E-state index is 0.0499. The molecule has 5 nitrogen and oxygen atoms in total. The number of likely N-dealkylation sites (tertiary alicyclic amines) is 1. The molecule has 0 bridgehead atoms. The van der Waals surface area contributed by atoms with Gasteiger partial charge >= 0.3 is 0 Å². The van der Waals surface area contributed by atoms with Crippen LogP contribution in [0.15, 0.2) is 35.7 Å². The molecule has 174 valence electrons. The van der Waals surface area contributed by atoms with Gasteiger partial charge in [0.25, 0.3) is 5.91 Å².